The van der Waals surface area contributed by atoms with E-state index in [-0.39, 0.29) is 16.8 Å². The summed E-state index contributed by atoms with van der Waals surface area (Å²) in [6.45, 7) is 13.0. The Kier molecular flexibility index (Phi) is 6.21. The van der Waals surface area contributed by atoms with Crippen molar-refractivity contribution in [1.82, 2.24) is 5.32 Å². The van der Waals surface area contributed by atoms with Gasteiger partial charge in [0.15, 0.2) is 0 Å². The van der Waals surface area contributed by atoms with Gasteiger partial charge in [-0.15, -0.1) is 0 Å². The molecule has 0 heterocycles. The van der Waals surface area contributed by atoms with E-state index in [1.165, 1.54) is 6.07 Å². The minimum atomic E-state index is -0.175. The Morgan fingerprint density at radius 1 is 1.14 bits per heavy atom. The second-order valence-corrected chi connectivity index (χ2v) is 7.15. The Hall–Kier alpha value is -1.09. The molecule has 0 unspecified atom stereocenters. The molecule has 0 bridgehead atoms. The van der Waals surface area contributed by atoms with Gasteiger partial charge in [0, 0.05) is 31.4 Å². The van der Waals surface area contributed by atoms with Gasteiger partial charge < -0.3 is 10.2 Å². The number of nitrogens with one attached hydrogen (secondary N) is 1. The molecule has 2 nitrogen and oxygen atoms in total. The maximum atomic E-state index is 13.4. The van der Waals surface area contributed by atoms with E-state index in [1.807, 2.05) is 13.1 Å². The van der Waals surface area contributed by atoms with Crippen LogP contribution in [0, 0.1) is 11.2 Å². The molecule has 21 heavy (non-hydrogen) atoms. The van der Waals surface area contributed by atoms with Crippen LogP contribution in [0.2, 0.25) is 0 Å². The quantitative estimate of drug-likeness (QED) is 0.799. The SMILES string of the molecule is CCC(CC)(CNC(C)(C)C)CN(C)c1cccc(F)c1. The molecule has 0 saturated heterocycles. The van der Waals surface area contributed by atoms with E-state index in [0.29, 0.717) is 0 Å². The van der Waals surface area contributed by atoms with Crippen molar-refractivity contribution in [1.29, 1.82) is 0 Å². The van der Waals surface area contributed by atoms with Crippen molar-refractivity contribution < 1.29 is 4.39 Å². The van der Waals surface area contributed by atoms with Crippen LogP contribution in [0.5, 0.6) is 0 Å². The topological polar surface area (TPSA) is 15.3 Å². The molecule has 0 aromatic heterocycles. The average Bonchev–Trinajstić information content (AvgIpc) is 2.42. The lowest BCUT2D eigenvalue weighted by Gasteiger charge is -2.39. The van der Waals surface area contributed by atoms with Gasteiger partial charge in [-0.25, -0.2) is 4.39 Å². The zero-order valence-corrected chi connectivity index (χ0v) is 14.5. The summed E-state index contributed by atoms with van der Waals surface area (Å²) in [5.41, 5.74) is 1.26. The third kappa shape index (κ3) is 5.66. The van der Waals surface area contributed by atoms with Crippen molar-refractivity contribution in [3.8, 4) is 0 Å². The van der Waals surface area contributed by atoms with Gasteiger partial charge in [0.2, 0.25) is 0 Å². The van der Waals surface area contributed by atoms with Gasteiger partial charge in [0.1, 0.15) is 5.82 Å². The highest BCUT2D eigenvalue weighted by Gasteiger charge is 2.29. The number of rotatable bonds is 7. The molecule has 1 aromatic carbocycles. The highest BCUT2D eigenvalue weighted by atomic mass is 19.1. The molecular weight excluding hydrogens is 263 g/mol. The fourth-order valence-electron chi connectivity index (χ4n) is 2.54. The lowest BCUT2D eigenvalue weighted by Crippen LogP contribution is -2.48. The molecule has 1 N–H and O–H groups in total. The zero-order valence-electron chi connectivity index (χ0n) is 14.5. The maximum absolute atomic E-state index is 13.4. The standard InChI is InChI=1S/C18H31FN2/c1-7-18(8-2,13-20-17(3,4)5)14-21(6)16-11-9-10-15(19)12-16/h9-12,20H,7-8,13-14H2,1-6H3. The highest BCUT2D eigenvalue weighted by molar-refractivity contribution is 5.45. The summed E-state index contributed by atoms with van der Waals surface area (Å²) in [5, 5.41) is 3.63. The predicted octanol–water partition coefficient (Wildman–Crippen LogP) is 4.46. The Morgan fingerprint density at radius 3 is 2.24 bits per heavy atom. The van der Waals surface area contributed by atoms with Crippen LogP contribution in [-0.4, -0.2) is 25.7 Å². The van der Waals surface area contributed by atoms with E-state index in [9.17, 15) is 4.39 Å². The first-order valence-electron chi connectivity index (χ1n) is 7.93. The molecular formula is C18H31FN2. The number of hydrogen-bond acceptors (Lipinski definition) is 2. The number of benzene rings is 1. The maximum Gasteiger partial charge on any atom is 0.125 e. The zero-order chi connectivity index (χ0) is 16.1. The van der Waals surface area contributed by atoms with Crippen molar-refractivity contribution in [3.63, 3.8) is 0 Å². The summed E-state index contributed by atoms with van der Waals surface area (Å²) >= 11 is 0. The van der Waals surface area contributed by atoms with Crippen LogP contribution in [0.3, 0.4) is 0 Å². The van der Waals surface area contributed by atoms with E-state index >= 15 is 0 Å². The Bertz CT molecular complexity index is 433. The molecule has 0 aliphatic heterocycles. The van der Waals surface area contributed by atoms with Gasteiger partial charge in [-0.3, -0.25) is 0 Å². The molecule has 120 valence electrons. The van der Waals surface area contributed by atoms with Crippen LogP contribution >= 0.6 is 0 Å². The van der Waals surface area contributed by atoms with Crippen LogP contribution in [0.1, 0.15) is 47.5 Å². The van der Waals surface area contributed by atoms with Gasteiger partial charge >= 0.3 is 0 Å². The van der Waals surface area contributed by atoms with Crippen LogP contribution in [-0.2, 0) is 0 Å². The molecule has 0 fully saturated rings. The molecule has 0 spiro atoms. The second-order valence-electron chi connectivity index (χ2n) is 7.15. The highest BCUT2D eigenvalue weighted by Crippen LogP contribution is 2.29. The van der Waals surface area contributed by atoms with Crippen molar-refractivity contribution in [2.75, 3.05) is 25.0 Å². The van der Waals surface area contributed by atoms with E-state index in [0.717, 1.165) is 31.6 Å². The largest absolute Gasteiger partial charge is 0.374 e. The number of nitrogens with zero attached hydrogens (tertiary/aromatic N) is 1. The van der Waals surface area contributed by atoms with Gasteiger partial charge in [-0.05, 0) is 57.2 Å². The van der Waals surface area contributed by atoms with Gasteiger partial charge in [-0.2, -0.15) is 0 Å². The van der Waals surface area contributed by atoms with E-state index in [2.05, 4.69) is 44.8 Å². The van der Waals surface area contributed by atoms with Gasteiger partial charge in [-0.1, -0.05) is 19.9 Å². The normalized spacial score (nSPS) is 12.5. The van der Waals surface area contributed by atoms with Gasteiger partial charge in [0.25, 0.3) is 0 Å². The van der Waals surface area contributed by atoms with Gasteiger partial charge in [0.05, 0.1) is 0 Å². The summed E-state index contributed by atoms with van der Waals surface area (Å²) < 4.78 is 13.4. The molecule has 0 radical (unpaired) electrons. The third-order valence-corrected chi connectivity index (χ3v) is 4.32. The average molecular weight is 294 g/mol. The number of hydrogen-bond donors (Lipinski definition) is 1. The molecule has 0 amide bonds. The van der Waals surface area contributed by atoms with Crippen LogP contribution in [0.4, 0.5) is 10.1 Å². The number of halogens is 1. The first-order chi connectivity index (χ1) is 9.71. The second kappa shape index (κ2) is 7.26. The van der Waals surface area contributed by atoms with Crippen LogP contribution < -0.4 is 10.2 Å². The van der Waals surface area contributed by atoms with Crippen molar-refractivity contribution in [2.24, 2.45) is 5.41 Å². The molecule has 0 atom stereocenters. The van der Waals surface area contributed by atoms with E-state index in [4.69, 9.17) is 0 Å². The van der Waals surface area contributed by atoms with Crippen molar-refractivity contribution >= 4 is 5.69 Å². The molecule has 0 saturated carbocycles. The fraction of sp³-hybridized carbons (Fsp3) is 0.667. The fourth-order valence-corrected chi connectivity index (χ4v) is 2.54. The smallest absolute Gasteiger partial charge is 0.125 e. The lowest BCUT2D eigenvalue weighted by molar-refractivity contribution is 0.228. The number of anilines is 1. The molecule has 3 heteroatoms. The summed E-state index contributed by atoms with van der Waals surface area (Å²) in [4.78, 5) is 2.17. The molecule has 0 aliphatic carbocycles. The Morgan fingerprint density at radius 2 is 1.76 bits per heavy atom. The minimum Gasteiger partial charge on any atom is -0.374 e. The Labute approximate surface area is 129 Å². The summed E-state index contributed by atoms with van der Waals surface area (Å²) in [5.74, 6) is -0.175. The first kappa shape index (κ1) is 18.0. The molecule has 1 aromatic rings. The van der Waals surface area contributed by atoms with Crippen molar-refractivity contribution in [3.05, 3.63) is 30.1 Å². The lowest BCUT2D eigenvalue weighted by atomic mass is 9.81. The Balaban J connectivity index is 2.81. The van der Waals surface area contributed by atoms with Crippen LogP contribution in [0.15, 0.2) is 24.3 Å². The van der Waals surface area contributed by atoms with Crippen LogP contribution in [0.25, 0.3) is 0 Å². The molecule has 1 rings (SSSR count). The predicted molar refractivity (Wildman–Crippen MR) is 90.4 cm³/mol. The minimum absolute atomic E-state index is 0.118. The summed E-state index contributed by atoms with van der Waals surface area (Å²) in [6.07, 6.45) is 2.21. The summed E-state index contributed by atoms with van der Waals surface area (Å²) in [7, 11) is 2.05. The molecule has 0 aliphatic rings. The van der Waals surface area contributed by atoms with E-state index in [1.54, 1.807) is 12.1 Å². The third-order valence-electron chi connectivity index (χ3n) is 4.32. The van der Waals surface area contributed by atoms with E-state index < -0.39 is 0 Å². The first-order valence-corrected chi connectivity index (χ1v) is 7.93. The monoisotopic (exact) mass is 294 g/mol. The van der Waals surface area contributed by atoms with Crippen molar-refractivity contribution in [2.45, 2.75) is 53.0 Å². The summed E-state index contributed by atoms with van der Waals surface area (Å²) in [6, 6.07) is 6.84.